The van der Waals surface area contributed by atoms with Gasteiger partial charge in [0.25, 0.3) is 0 Å². The quantitative estimate of drug-likeness (QED) is 0.412. The Morgan fingerprint density at radius 2 is 1.64 bits per heavy atom. The van der Waals surface area contributed by atoms with Crippen molar-refractivity contribution in [1.82, 2.24) is 10.3 Å². The first kappa shape index (κ1) is 16.7. The zero-order valence-corrected chi connectivity index (χ0v) is 13.9. The van der Waals surface area contributed by atoms with Crippen LogP contribution in [0.25, 0.3) is 0 Å². The summed E-state index contributed by atoms with van der Waals surface area (Å²) in [6.45, 7) is 1.36. The van der Waals surface area contributed by atoms with Crippen LogP contribution in [0.4, 0.5) is 11.4 Å². The lowest BCUT2D eigenvalue weighted by atomic mass is 9.98. The summed E-state index contributed by atoms with van der Waals surface area (Å²) in [6.07, 6.45) is 3.33. The molecule has 3 aromatic rings. The highest BCUT2D eigenvalue weighted by Gasteiger charge is 2.12. The highest BCUT2D eigenvalue weighted by molar-refractivity contribution is 6.14. The van der Waals surface area contributed by atoms with E-state index in [2.05, 4.69) is 22.4 Å². The van der Waals surface area contributed by atoms with Gasteiger partial charge in [-0.15, -0.1) is 0 Å². The predicted molar refractivity (Wildman–Crippen MR) is 102 cm³/mol. The molecule has 6 N–H and O–H groups in total. The first-order valence-corrected chi connectivity index (χ1v) is 8.07. The van der Waals surface area contributed by atoms with E-state index < -0.39 is 0 Å². The van der Waals surface area contributed by atoms with Gasteiger partial charge in [-0.3, -0.25) is 10.4 Å². The normalized spacial score (nSPS) is 10.6. The third kappa shape index (κ3) is 4.02. The van der Waals surface area contributed by atoms with Gasteiger partial charge in [-0.1, -0.05) is 30.3 Å². The van der Waals surface area contributed by atoms with Gasteiger partial charge in [-0.05, 0) is 35.4 Å². The Labute approximate surface area is 147 Å². The molecule has 2 aromatic carbocycles. The zero-order chi connectivity index (χ0) is 17.6. The number of nitrogens with two attached hydrogens (primary N) is 2. The number of nitrogen functional groups attached to an aromatic ring is 2. The van der Waals surface area contributed by atoms with Crippen molar-refractivity contribution < 1.29 is 0 Å². The largest absolute Gasteiger partial charge is 0.398 e. The maximum absolute atomic E-state index is 8.42. The van der Waals surface area contributed by atoms with Gasteiger partial charge in [0.05, 0.1) is 5.71 Å². The van der Waals surface area contributed by atoms with Crippen LogP contribution in [0.1, 0.15) is 22.3 Å². The molecule has 126 valence electrons. The highest BCUT2D eigenvalue weighted by atomic mass is 14.9. The van der Waals surface area contributed by atoms with E-state index in [1.54, 1.807) is 30.6 Å². The van der Waals surface area contributed by atoms with Gasteiger partial charge in [0.15, 0.2) is 0 Å². The Hall–Kier alpha value is -3.18. The average Bonchev–Trinajstić information content (AvgIpc) is 2.64. The summed E-state index contributed by atoms with van der Waals surface area (Å²) in [6, 6.07) is 17.4. The van der Waals surface area contributed by atoms with Crippen LogP contribution < -0.4 is 16.8 Å². The standard InChI is InChI=1S/C20H21N5/c21-18-11-19(22)17(20(23)15-6-8-24-9-7-15)10-16(18)13-25-12-14-4-2-1-3-5-14/h1-11,23,25H,12-13,21-22H2. The molecule has 0 radical (unpaired) electrons. The number of hydrogen-bond acceptors (Lipinski definition) is 5. The zero-order valence-electron chi connectivity index (χ0n) is 13.9. The van der Waals surface area contributed by atoms with E-state index in [1.807, 2.05) is 24.3 Å². The van der Waals surface area contributed by atoms with Crippen LogP contribution in [-0.2, 0) is 13.1 Å². The third-order valence-corrected chi connectivity index (χ3v) is 4.04. The van der Waals surface area contributed by atoms with Crippen molar-refractivity contribution in [3.63, 3.8) is 0 Å². The van der Waals surface area contributed by atoms with E-state index >= 15 is 0 Å². The molecule has 0 fully saturated rings. The van der Waals surface area contributed by atoms with Crippen molar-refractivity contribution >= 4 is 17.1 Å². The molecule has 0 aliphatic carbocycles. The summed E-state index contributed by atoms with van der Waals surface area (Å²) < 4.78 is 0. The van der Waals surface area contributed by atoms with E-state index in [1.165, 1.54) is 5.56 Å². The van der Waals surface area contributed by atoms with Gasteiger partial charge < -0.3 is 16.8 Å². The van der Waals surface area contributed by atoms with Crippen LogP contribution >= 0.6 is 0 Å². The summed E-state index contributed by atoms with van der Waals surface area (Å²) >= 11 is 0. The number of hydrogen-bond donors (Lipinski definition) is 4. The van der Waals surface area contributed by atoms with Crippen molar-refractivity contribution in [3.8, 4) is 0 Å². The molecule has 0 unspecified atom stereocenters. The van der Waals surface area contributed by atoms with Crippen molar-refractivity contribution in [2.24, 2.45) is 0 Å². The summed E-state index contributed by atoms with van der Waals surface area (Å²) in [4.78, 5) is 3.99. The van der Waals surface area contributed by atoms with Crippen LogP contribution in [0.2, 0.25) is 0 Å². The fraction of sp³-hybridized carbons (Fsp3) is 0.100. The Morgan fingerprint density at radius 1 is 0.920 bits per heavy atom. The van der Waals surface area contributed by atoms with Gasteiger partial charge in [0.1, 0.15) is 0 Å². The summed E-state index contributed by atoms with van der Waals surface area (Å²) in [5.41, 5.74) is 17.3. The second-order valence-corrected chi connectivity index (χ2v) is 5.84. The van der Waals surface area contributed by atoms with Crippen molar-refractivity contribution in [3.05, 3.63) is 89.2 Å². The van der Waals surface area contributed by atoms with E-state index in [9.17, 15) is 0 Å². The fourth-order valence-corrected chi connectivity index (χ4v) is 2.66. The minimum atomic E-state index is 0.365. The van der Waals surface area contributed by atoms with Crippen LogP contribution in [0.15, 0.2) is 67.0 Å². The van der Waals surface area contributed by atoms with Crippen molar-refractivity contribution in [2.45, 2.75) is 13.1 Å². The maximum Gasteiger partial charge on any atom is 0.0706 e. The smallest absolute Gasteiger partial charge is 0.0706 e. The Bertz CT molecular complexity index is 860. The molecule has 5 heteroatoms. The fourth-order valence-electron chi connectivity index (χ4n) is 2.66. The van der Waals surface area contributed by atoms with Gasteiger partial charge in [0.2, 0.25) is 0 Å². The number of pyridine rings is 1. The maximum atomic E-state index is 8.42. The number of rotatable bonds is 6. The number of nitrogens with one attached hydrogen (secondary N) is 2. The molecule has 0 saturated heterocycles. The van der Waals surface area contributed by atoms with Gasteiger partial charge in [-0.2, -0.15) is 0 Å². The molecule has 1 heterocycles. The topological polar surface area (TPSA) is 101 Å². The van der Waals surface area contributed by atoms with Crippen molar-refractivity contribution in [2.75, 3.05) is 11.5 Å². The number of benzene rings is 2. The van der Waals surface area contributed by atoms with E-state index in [0.29, 0.717) is 29.2 Å². The molecule has 0 spiro atoms. The Balaban J connectivity index is 1.77. The van der Waals surface area contributed by atoms with E-state index in [4.69, 9.17) is 16.9 Å². The number of anilines is 2. The lowest BCUT2D eigenvalue weighted by Crippen LogP contribution is -2.15. The SMILES string of the molecule is N=C(c1ccncc1)c1cc(CNCc2ccccc2)c(N)cc1N. The van der Waals surface area contributed by atoms with Gasteiger partial charge >= 0.3 is 0 Å². The molecule has 0 saturated carbocycles. The second-order valence-electron chi connectivity index (χ2n) is 5.84. The van der Waals surface area contributed by atoms with Crippen LogP contribution in [-0.4, -0.2) is 10.7 Å². The molecule has 25 heavy (non-hydrogen) atoms. The minimum Gasteiger partial charge on any atom is -0.398 e. The van der Waals surface area contributed by atoms with Crippen molar-refractivity contribution in [1.29, 1.82) is 5.41 Å². The van der Waals surface area contributed by atoms with Crippen LogP contribution in [0.5, 0.6) is 0 Å². The van der Waals surface area contributed by atoms with Crippen LogP contribution in [0.3, 0.4) is 0 Å². The average molecular weight is 331 g/mol. The molecular weight excluding hydrogens is 310 g/mol. The molecule has 1 aromatic heterocycles. The first-order chi connectivity index (χ1) is 12.1. The molecular formula is C20H21N5. The van der Waals surface area contributed by atoms with Gasteiger partial charge in [0, 0.05) is 48.0 Å². The van der Waals surface area contributed by atoms with Crippen LogP contribution in [0, 0.1) is 5.41 Å². The monoisotopic (exact) mass is 331 g/mol. The minimum absolute atomic E-state index is 0.365. The molecule has 0 atom stereocenters. The lowest BCUT2D eigenvalue weighted by Gasteiger charge is -2.14. The molecule has 3 rings (SSSR count). The van der Waals surface area contributed by atoms with E-state index in [-0.39, 0.29) is 0 Å². The summed E-state index contributed by atoms with van der Waals surface area (Å²) in [7, 11) is 0. The summed E-state index contributed by atoms with van der Waals surface area (Å²) in [5.74, 6) is 0. The summed E-state index contributed by atoms with van der Waals surface area (Å²) in [5, 5.41) is 11.8. The first-order valence-electron chi connectivity index (χ1n) is 8.07. The molecule has 0 bridgehead atoms. The predicted octanol–water partition coefficient (Wildman–Crippen LogP) is 2.95. The highest BCUT2D eigenvalue weighted by Crippen LogP contribution is 2.23. The Kier molecular flexibility index (Phi) is 5.06. The van der Waals surface area contributed by atoms with Gasteiger partial charge in [-0.25, -0.2) is 0 Å². The van der Waals surface area contributed by atoms with E-state index in [0.717, 1.165) is 17.7 Å². The second kappa shape index (κ2) is 7.59. The Morgan fingerprint density at radius 3 is 2.36 bits per heavy atom. The molecule has 0 aliphatic heterocycles. The number of nitrogens with zero attached hydrogens (tertiary/aromatic N) is 1. The molecule has 0 amide bonds. The number of aromatic nitrogens is 1. The molecule has 5 nitrogen and oxygen atoms in total. The lowest BCUT2D eigenvalue weighted by molar-refractivity contribution is 0.694. The molecule has 0 aliphatic rings. The third-order valence-electron chi connectivity index (χ3n) is 4.04.